The summed E-state index contributed by atoms with van der Waals surface area (Å²) in [7, 11) is 0. The van der Waals surface area contributed by atoms with Gasteiger partial charge in [-0.15, -0.1) is 0 Å². The molecule has 0 heterocycles. The van der Waals surface area contributed by atoms with E-state index >= 15 is 0 Å². The summed E-state index contributed by atoms with van der Waals surface area (Å²) < 4.78 is 0. The Morgan fingerprint density at radius 2 is 1.00 bits per heavy atom. The molecule has 2 nitrogen and oxygen atoms in total. The molecule has 0 bridgehead atoms. The zero-order valence-electron chi connectivity index (χ0n) is 3.21. The summed E-state index contributed by atoms with van der Waals surface area (Å²) >= 11 is 0. The van der Waals surface area contributed by atoms with E-state index in [9.17, 15) is 0 Å². The van der Waals surface area contributed by atoms with E-state index in [1.165, 1.54) is 0 Å². The van der Waals surface area contributed by atoms with Crippen LogP contribution < -0.4 is 34.0 Å². The van der Waals surface area contributed by atoms with Crippen molar-refractivity contribution in [2.75, 3.05) is 0 Å². The van der Waals surface area contributed by atoms with E-state index in [4.69, 9.17) is 10.8 Å². The Hall–Kier alpha value is 0.819. The summed E-state index contributed by atoms with van der Waals surface area (Å²) in [6, 6.07) is 0. The van der Waals surface area contributed by atoms with Crippen LogP contribution in [0.4, 0.5) is 0 Å². The molecule has 5 heteroatoms. The van der Waals surface area contributed by atoms with Crippen molar-refractivity contribution in [1.82, 2.24) is 0 Å². The van der Waals surface area contributed by atoms with Crippen LogP contribution in [0.5, 0.6) is 0 Å². The third kappa shape index (κ3) is 47.8. The van der Waals surface area contributed by atoms with Crippen molar-refractivity contribution in [1.29, 1.82) is 10.8 Å². The maximum absolute atomic E-state index is 6.08. The second kappa shape index (κ2) is 29.1. The molecule has 0 saturated carbocycles. The summed E-state index contributed by atoms with van der Waals surface area (Å²) in [5.74, 6) is 0. The number of nitrogens with one attached hydrogen (secondary N) is 2. The van der Waals surface area contributed by atoms with Crippen LogP contribution in [0.2, 0.25) is 0 Å². The van der Waals surface area contributed by atoms with Gasteiger partial charge >= 0.3 is 17.1 Å². The fourth-order valence-electron chi connectivity index (χ4n) is 0. The molecule has 0 rings (SSSR count). The van der Waals surface area contributed by atoms with Crippen molar-refractivity contribution in [3.8, 4) is 0 Å². The fourth-order valence-corrected chi connectivity index (χ4v) is 0. The van der Waals surface area contributed by atoms with Crippen LogP contribution in [0.15, 0.2) is 0 Å². The molecule has 0 spiro atoms. The minimum atomic E-state index is 0. The number of rotatable bonds is 1. The summed E-state index contributed by atoms with van der Waals surface area (Å²) in [6.07, 6.45) is 1.83. The van der Waals surface area contributed by atoms with Gasteiger partial charge in [-0.05, 0) is 0 Å². The molecule has 0 fully saturated rings. The minimum Gasteiger partial charge on any atom is -1.00 e. The molecule has 0 aliphatic heterocycles. The van der Waals surface area contributed by atoms with E-state index in [-0.39, 0.29) is 51.0 Å². The molecule has 0 aromatic rings. The van der Waals surface area contributed by atoms with Crippen molar-refractivity contribution in [3.05, 3.63) is 0 Å². The molecule has 47 valence electrons. The van der Waals surface area contributed by atoms with Crippen molar-refractivity contribution in [2.24, 2.45) is 0 Å². The monoisotopic (exact) mass is 277 g/mol. The molecule has 1 radical (unpaired) electrons. The molecule has 0 saturated heterocycles. The van der Waals surface area contributed by atoms with Gasteiger partial charge in [0.15, 0.2) is 0 Å². The van der Waals surface area contributed by atoms with E-state index in [0.717, 1.165) is 12.4 Å². The number of hydrogen-bond donors (Lipinski definition) is 2. The van der Waals surface area contributed by atoms with Crippen LogP contribution in [0.25, 0.3) is 0 Å². The molecule has 0 aromatic heterocycles. The van der Waals surface area contributed by atoms with Gasteiger partial charge < -0.3 is 44.8 Å². The second-order valence-electron chi connectivity index (χ2n) is 0.333. The van der Waals surface area contributed by atoms with Crippen LogP contribution in [0.3, 0.4) is 0 Å². The average Bonchev–Trinajstić information content (AvgIpc) is 1.37. The van der Waals surface area contributed by atoms with E-state index in [0.29, 0.717) is 0 Å². The first-order valence-corrected chi connectivity index (χ1v) is 0.911. The molecule has 0 aromatic carbocycles. The Kier molecular flexibility index (Phi) is 103. The van der Waals surface area contributed by atoms with Crippen LogP contribution in [0, 0.1) is 10.8 Å². The zero-order valence-corrected chi connectivity index (χ0v) is 7.33. The first kappa shape index (κ1) is 24.9. The molecule has 7 heavy (non-hydrogen) atoms. The Morgan fingerprint density at radius 1 is 0.857 bits per heavy atom. The summed E-state index contributed by atoms with van der Waals surface area (Å²) in [5, 5.41) is 12.2. The SMILES string of the molecule is N=CC=N.[Br-].[Br-].[Cu+2]. The Morgan fingerprint density at radius 3 is 1.00 bits per heavy atom. The van der Waals surface area contributed by atoms with Gasteiger partial charge in [0.25, 0.3) is 0 Å². The van der Waals surface area contributed by atoms with Gasteiger partial charge in [-0.2, -0.15) is 0 Å². The zero-order chi connectivity index (χ0) is 3.41. The van der Waals surface area contributed by atoms with Gasteiger partial charge in [-0.25, -0.2) is 0 Å². The van der Waals surface area contributed by atoms with E-state index in [1.807, 2.05) is 0 Å². The molecular weight excluding hydrogens is 275 g/mol. The predicted molar refractivity (Wildman–Crippen MR) is 17.6 cm³/mol. The van der Waals surface area contributed by atoms with Gasteiger partial charge in [-0.1, -0.05) is 0 Å². The molecule has 0 atom stereocenters. The van der Waals surface area contributed by atoms with Crippen LogP contribution >= 0.6 is 0 Å². The normalized spacial score (nSPS) is 2.86. The van der Waals surface area contributed by atoms with Crippen LogP contribution in [-0.4, -0.2) is 12.4 Å². The molecule has 0 unspecified atom stereocenters. The average molecular weight is 279 g/mol. The molecule has 0 aliphatic rings. The first-order valence-electron chi connectivity index (χ1n) is 0.911. The van der Waals surface area contributed by atoms with E-state index < -0.39 is 0 Å². The first-order chi connectivity index (χ1) is 1.91. The van der Waals surface area contributed by atoms with Gasteiger partial charge in [0.05, 0.1) is 0 Å². The standard InChI is InChI=1S/C2H4N2.2BrH.Cu/c3-1-2-4;;;/h1-4H;2*1H;/q;;;+2/p-2. The predicted octanol–water partition coefficient (Wildman–Crippen LogP) is -5.71. The third-order valence-corrected chi connectivity index (χ3v) is 0.0833. The molecule has 0 amide bonds. The Labute approximate surface area is 74.1 Å². The molecular formula is C2H4Br2CuN2. The Bertz CT molecular complexity index is 34.7. The van der Waals surface area contributed by atoms with E-state index in [1.54, 1.807) is 0 Å². The Balaban J connectivity index is -0.0000000150. The van der Waals surface area contributed by atoms with Crippen molar-refractivity contribution >= 4 is 12.4 Å². The van der Waals surface area contributed by atoms with Crippen LogP contribution in [0.1, 0.15) is 0 Å². The quantitative estimate of drug-likeness (QED) is 0.355. The van der Waals surface area contributed by atoms with Crippen molar-refractivity contribution < 1.29 is 51.0 Å². The third-order valence-electron chi connectivity index (χ3n) is 0.0833. The van der Waals surface area contributed by atoms with Gasteiger partial charge in [-0.3, -0.25) is 0 Å². The smallest absolute Gasteiger partial charge is 1.00 e. The maximum atomic E-state index is 6.08. The van der Waals surface area contributed by atoms with Gasteiger partial charge in [0.1, 0.15) is 0 Å². The number of halogens is 2. The maximum Gasteiger partial charge on any atom is 2.00 e. The summed E-state index contributed by atoms with van der Waals surface area (Å²) in [5.41, 5.74) is 0. The minimum absolute atomic E-state index is 0. The van der Waals surface area contributed by atoms with Crippen LogP contribution in [-0.2, 0) is 17.1 Å². The van der Waals surface area contributed by atoms with Crippen molar-refractivity contribution in [2.45, 2.75) is 0 Å². The topological polar surface area (TPSA) is 47.7 Å². The largest absolute Gasteiger partial charge is 2.00 e. The fraction of sp³-hybridized carbons (Fsp3) is 0. The molecule has 2 N–H and O–H groups in total. The van der Waals surface area contributed by atoms with Gasteiger partial charge in [0, 0.05) is 12.4 Å². The number of hydrogen-bond acceptors (Lipinski definition) is 2. The van der Waals surface area contributed by atoms with Gasteiger partial charge in [0.2, 0.25) is 0 Å². The second-order valence-corrected chi connectivity index (χ2v) is 0.333. The van der Waals surface area contributed by atoms with Crippen molar-refractivity contribution in [3.63, 3.8) is 0 Å². The van der Waals surface area contributed by atoms with E-state index in [2.05, 4.69) is 0 Å². The summed E-state index contributed by atoms with van der Waals surface area (Å²) in [4.78, 5) is 0. The molecule has 0 aliphatic carbocycles. The summed E-state index contributed by atoms with van der Waals surface area (Å²) in [6.45, 7) is 0.